The third kappa shape index (κ3) is 2.19. The number of aromatic nitrogens is 6. The summed E-state index contributed by atoms with van der Waals surface area (Å²) in [5.74, 6) is 0. The summed E-state index contributed by atoms with van der Waals surface area (Å²) in [6.07, 6.45) is 11.1. The number of aryl methyl sites for hydroxylation is 1. The molecule has 9 nitrogen and oxygen atoms in total. The molecule has 0 aromatic carbocycles. The number of hydrogen-bond donors (Lipinski definition) is 1. The van der Waals surface area contributed by atoms with E-state index in [0.29, 0.717) is 0 Å². The van der Waals surface area contributed by atoms with Crippen LogP contribution in [0, 0.1) is 0 Å². The van der Waals surface area contributed by atoms with Gasteiger partial charge in [0.15, 0.2) is 5.65 Å². The second-order valence-electron chi connectivity index (χ2n) is 6.57. The molecule has 128 valence electrons. The van der Waals surface area contributed by atoms with E-state index in [-0.39, 0.29) is 5.60 Å². The average Bonchev–Trinajstić information content (AvgIpc) is 3.33. The minimum Gasteiger partial charge on any atom is -0.389 e. The van der Waals surface area contributed by atoms with Crippen molar-refractivity contribution in [2.45, 2.75) is 44.8 Å². The highest BCUT2D eigenvalue weighted by Crippen LogP contribution is 2.44. The third-order valence-electron chi connectivity index (χ3n) is 5.04. The molecule has 9 heteroatoms. The van der Waals surface area contributed by atoms with Gasteiger partial charge in [-0.05, 0) is 26.2 Å². The molecule has 0 atom stereocenters. The van der Waals surface area contributed by atoms with Crippen molar-refractivity contribution < 1.29 is 4.84 Å². The molecule has 3 aromatic heterocycles. The van der Waals surface area contributed by atoms with Gasteiger partial charge in [0.1, 0.15) is 18.3 Å². The molecule has 3 aromatic rings. The maximum Gasteiger partial charge on any atom is 0.159 e. The molecule has 0 radical (unpaired) electrons. The lowest BCUT2D eigenvalue weighted by Gasteiger charge is -2.34. The quantitative estimate of drug-likeness (QED) is 0.781. The zero-order valence-electron chi connectivity index (χ0n) is 13.9. The fourth-order valence-corrected chi connectivity index (χ4v) is 3.49. The number of oxime groups is 1. The predicted octanol–water partition coefficient (Wildman–Crippen LogP) is 1.96. The Morgan fingerprint density at radius 2 is 2.08 bits per heavy atom. The molecule has 0 bridgehead atoms. The molecule has 0 amide bonds. The summed E-state index contributed by atoms with van der Waals surface area (Å²) in [6, 6.07) is 0. The minimum absolute atomic E-state index is 0.0915. The molecule has 1 aliphatic heterocycles. The standard InChI is InChI=1S/C16H18N8O/c1-2-24-15-12(8-20-24)14(21-23-9-18-19-10-23)11(7-17-15)13-6-16(25-22-13)4-3-5-16/h7-10H,2-6H2,1H3,(H,17,21). The molecular formula is C16H18N8O. The van der Waals surface area contributed by atoms with Crippen LogP contribution in [0.3, 0.4) is 0 Å². The molecule has 5 rings (SSSR count). The van der Waals surface area contributed by atoms with Crippen LogP contribution in [-0.2, 0) is 11.4 Å². The van der Waals surface area contributed by atoms with E-state index < -0.39 is 0 Å². The maximum atomic E-state index is 5.75. The highest BCUT2D eigenvalue weighted by atomic mass is 16.7. The Morgan fingerprint density at radius 3 is 2.76 bits per heavy atom. The van der Waals surface area contributed by atoms with Crippen LogP contribution in [0.5, 0.6) is 0 Å². The van der Waals surface area contributed by atoms with Crippen molar-refractivity contribution in [3.63, 3.8) is 0 Å². The molecule has 25 heavy (non-hydrogen) atoms. The van der Waals surface area contributed by atoms with Crippen LogP contribution in [0.4, 0.5) is 5.69 Å². The summed E-state index contributed by atoms with van der Waals surface area (Å²) in [4.78, 5) is 10.4. The van der Waals surface area contributed by atoms with Crippen LogP contribution in [0.2, 0.25) is 0 Å². The first kappa shape index (κ1) is 14.4. The Kier molecular flexibility index (Phi) is 3.03. The van der Waals surface area contributed by atoms with Crippen LogP contribution in [-0.4, -0.2) is 41.0 Å². The summed E-state index contributed by atoms with van der Waals surface area (Å²) in [5.41, 5.74) is 6.82. The van der Waals surface area contributed by atoms with Crippen molar-refractivity contribution >= 4 is 22.4 Å². The molecule has 4 heterocycles. The summed E-state index contributed by atoms with van der Waals surface area (Å²) >= 11 is 0. The van der Waals surface area contributed by atoms with Crippen LogP contribution >= 0.6 is 0 Å². The van der Waals surface area contributed by atoms with Gasteiger partial charge in [0, 0.05) is 24.7 Å². The first-order valence-electron chi connectivity index (χ1n) is 8.50. The van der Waals surface area contributed by atoms with E-state index in [1.54, 1.807) is 17.3 Å². The average molecular weight is 338 g/mol. The zero-order chi connectivity index (χ0) is 16.9. The highest BCUT2D eigenvalue weighted by molar-refractivity contribution is 6.10. The normalized spacial score (nSPS) is 18.2. The van der Waals surface area contributed by atoms with Crippen LogP contribution in [0.15, 0.2) is 30.2 Å². The number of fused-ring (bicyclic) bond motifs is 1. The van der Waals surface area contributed by atoms with E-state index in [1.165, 1.54) is 6.42 Å². The molecule has 0 unspecified atom stereocenters. The largest absolute Gasteiger partial charge is 0.389 e. The second-order valence-corrected chi connectivity index (χ2v) is 6.57. The van der Waals surface area contributed by atoms with Crippen molar-refractivity contribution in [3.05, 3.63) is 30.6 Å². The molecular weight excluding hydrogens is 320 g/mol. The van der Waals surface area contributed by atoms with Gasteiger partial charge < -0.3 is 4.84 Å². The van der Waals surface area contributed by atoms with Crippen molar-refractivity contribution in [1.29, 1.82) is 0 Å². The summed E-state index contributed by atoms with van der Waals surface area (Å²) < 4.78 is 3.58. The molecule has 1 spiro atoms. The van der Waals surface area contributed by atoms with Gasteiger partial charge in [-0.25, -0.2) is 14.3 Å². The lowest BCUT2D eigenvalue weighted by atomic mass is 9.76. The summed E-state index contributed by atoms with van der Waals surface area (Å²) in [5, 5.41) is 17.4. The first-order chi connectivity index (χ1) is 12.3. The number of nitrogens with zero attached hydrogens (tertiary/aromatic N) is 7. The van der Waals surface area contributed by atoms with E-state index in [4.69, 9.17) is 4.84 Å². The number of pyridine rings is 1. The van der Waals surface area contributed by atoms with Gasteiger partial charge in [-0.2, -0.15) is 5.10 Å². The van der Waals surface area contributed by atoms with Crippen molar-refractivity contribution in [1.82, 2.24) is 29.6 Å². The number of nitrogens with one attached hydrogen (secondary N) is 1. The van der Waals surface area contributed by atoms with Crippen LogP contribution in [0.1, 0.15) is 38.2 Å². The van der Waals surface area contributed by atoms with Crippen molar-refractivity contribution in [3.8, 4) is 0 Å². The highest BCUT2D eigenvalue weighted by Gasteiger charge is 2.45. The second kappa shape index (κ2) is 5.27. The molecule has 1 aliphatic carbocycles. The van der Waals surface area contributed by atoms with E-state index >= 15 is 0 Å². The topological polar surface area (TPSA) is 95.0 Å². The minimum atomic E-state index is -0.0915. The maximum absolute atomic E-state index is 5.75. The molecule has 0 saturated heterocycles. The van der Waals surface area contributed by atoms with E-state index in [1.807, 2.05) is 24.0 Å². The Morgan fingerprint density at radius 1 is 1.24 bits per heavy atom. The van der Waals surface area contributed by atoms with Gasteiger partial charge in [0.2, 0.25) is 0 Å². The molecule has 2 aliphatic rings. The SMILES string of the molecule is CCn1ncc2c(Nn3cnnc3)c(C3=NOC4(CCC4)C3)cnc21. The van der Waals surface area contributed by atoms with Crippen molar-refractivity contribution in [2.75, 3.05) is 5.43 Å². The summed E-state index contributed by atoms with van der Waals surface area (Å²) in [7, 11) is 0. The predicted molar refractivity (Wildman–Crippen MR) is 91.1 cm³/mol. The lowest BCUT2D eigenvalue weighted by Crippen LogP contribution is -2.37. The van der Waals surface area contributed by atoms with Crippen LogP contribution in [0.25, 0.3) is 11.0 Å². The van der Waals surface area contributed by atoms with Gasteiger partial charge in [-0.1, -0.05) is 5.16 Å². The fourth-order valence-electron chi connectivity index (χ4n) is 3.49. The van der Waals surface area contributed by atoms with E-state index in [2.05, 4.69) is 30.9 Å². The Hall–Kier alpha value is -2.97. The van der Waals surface area contributed by atoms with E-state index in [9.17, 15) is 0 Å². The van der Waals surface area contributed by atoms with Gasteiger partial charge in [-0.15, -0.1) is 10.2 Å². The number of anilines is 1. The summed E-state index contributed by atoms with van der Waals surface area (Å²) in [6.45, 7) is 2.80. The Balaban J connectivity index is 1.62. The molecule has 1 N–H and O–H groups in total. The first-order valence-corrected chi connectivity index (χ1v) is 8.50. The smallest absolute Gasteiger partial charge is 0.159 e. The zero-order valence-corrected chi connectivity index (χ0v) is 13.9. The Labute approximate surface area is 143 Å². The fraction of sp³-hybridized carbons (Fsp3) is 0.438. The van der Waals surface area contributed by atoms with Gasteiger partial charge >= 0.3 is 0 Å². The van der Waals surface area contributed by atoms with Crippen LogP contribution < -0.4 is 5.43 Å². The van der Waals surface area contributed by atoms with Gasteiger partial charge in [0.05, 0.1) is 23.0 Å². The Bertz CT molecular complexity index is 954. The van der Waals surface area contributed by atoms with Gasteiger partial charge in [-0.3, -0.25) is 5.43 Å². The molecule has 1 fully saturated rings. The van der Waals surface area contributed by atoms with Crippen molar-refractivity contribution in [2.24, 2.45) is 5.16 Å². The lowest BCUT2D eigenvalue weighted by molar-refractivity contribution is -0.0755. The molecule has 1 saturated carbocycles. The monoisotopic (exact) mass is 338 g/mol. The number of rotatable bonds is 4. The number of hydrogen-bond acceptors (Lipinski definition) is 7. The van der Waals surface area contributed by atoms with E-state index in [0.717, 1.165) is 53.8 Å². The third-order valence-corrected chi connectivity index (χ3v) is 5.04. The van der Waals surface area contributed by atoms with Gasteiger partial charge in [0.25, 0.3) is 0 Å².